The van der Waals surface area contributed by atoms with Crippen LogP contribution in [0.3, 0.4) is 0 Å². The Morgan fingerprint density at radius 2 is 2.00 bits per heavy atom. The summed E-state index contributed by atoms with van der Waals surface area (Å²) in [5.74, 6) is 2.02. The zero-order chi connectivity index (χ0) is 18.1. The Bertz CT molecular complexity index is 732. The summed E-state index contributed by atoms with van der Waals surface area (Å²) in [5.41, 5.74) is 1.66. The number of carbonyl (C=O) groups is 1. The molecule has 2 atom stereocenters. The molecule has 2 unspecified atom stereocenters. The molecule has 8 nitrogen and oxygen atoms in total. The summed E-state index contributed by atoms with van der Waals surface area (Å²) in [5, 5.41) is 7.84. The molecule has 2 aromatic heterocycles. The predicted octanol–water partition coefficient (Wildman–Crippen LogP) is 1.47. The molecule has 1 aliphatic heterocycles. The Kier molecular flexibility index (Phi) is 4.89. The van der Waals surface area contributed by atoms with Gasteiger partial charge >= 0.3 is 0 Å². The second-order valence-corrected chi connectivity index (χ2v) is 6.93. The minimum atomic E-state index is 0.0126. The van der Waals surface area contributed by atoms with Gasteiger partial charge in [-0.15, -0.1) is 0 Å². The summed E-state index contributed by atoms with van der Waals surface area (Å²) in [7, 11) is 4.09. The number of hydrogen-bond donors (Lipinski definition) is 0. The number of piperidine rings is 1. The third-order valence-corrected chi connectivity index (χ3v) is 4.96. The van der Waals surface area contributed by atoms with E-state index in [2.05, 4.69) is 20.2 Å². The van der Waals surface area contributed by atoms with Crippen molar-refractivity contribution in [3.05, 3.63) is 28.7 Å². The Labute approximate surface area is 147 Å². The van der Waals surface area contributed by atoms with E-state index in [1.54, 1.807) is 6.92 Å². The lowest BCUT2D eigenvalue weighted by Gasteiger charge is -2.40. The van der Waals surface area contributed by atoms with E-state index in [4.69, 9.17) is 9.05 Å². The number of aryl methyl sites for hydroxylation is 3. The number of nitrogens with zero attached hydrogens (tertiary/aromatic N) is 5. The number of rotatable bonds is 4. The van der Waals surface area contributed by atoms with Gasteiger partial charge in [0, 0.05) is 24.7 Å². The largest absolute Gasteiger partial charge is 0.361 e. The van der Waals surface area contributed by atoms with Crippen molar-refractivity contribution in [1.29, 1.82) is 0 Å². The Morgan fingerprint density at radius 3 is 2.56 bits per heavy atom. The normalized spacial score (nSPS) is 21.1. The van der Waals surface area contributed by atoms with Crippen molar-refractivity contribution in [2.75, 3.05) is 27.2 Å². The van der Waals surface area contributed by atoms with Crippen molar-refractivity contribution < 1.29 is 13.8 Å². The van der Waals surface area contributed by atoms with Gasteiger partial charge in [-0.25, -0.2) is 0 Å². The third-order valence-electron chi connectivity index (χ3n) is 4.96. The fourth-order valence-electron chi connectivity index (χ4n) is 3.51. The number of likely N-dealkylation sites (N-methyl/N-ethyl adjacent to an activating group) is 1. The lowest BCUT2D eigenvalue weighted by atomic mass is 9.90. The van der Waals surface area contributed by atoms with E-state index in [0.717, 1.165) is 17.7 Å². The van der Waals surface area contributed by atoms with Crippen LogP contribution in [0.4, 0.5) is 0 Å². The number of hydrogen-bond acceptors (Lipinski definition) is 7. The fraction of sp³-hybridized carbons (Fsp3) is 0.647. The summed E-state index contributed by atoms with van der Waals surface area (Å²) < 4.78 is 10.6. The molecule has 0 spiro atoms. The van der Waals surface area contributed by atoms with Gasteiger partial charge in [0.1, 0.15) is 5.76 Å². The Hall–Kier alpha value is -2.22. The Balaban J connectivity index is 1.76. The molecule has 0 radical (unpaired) electrons. The highest BCUT2D eigenvalue weighted by Crippen LogP contribution is 2.29. The van der Waals surface area contributed by atoms with E-state index < -0.39 is 0 Å². The van der Waals surface area contributed by atoms with Crippen molar-refractivity contribution >= 4 is 5.91 Å². The first kappa shape index (κ1) is 17.6. The van der Waals surface area contributed by atoms with Crippen LogP contribution in [0.1, 0.15) is 41.1 Å². The molecule has 8 heteroatoms. The summed E-state index contributed by atoms with van der Waals surface area (Å²) >= 11 is 0. The average molecular weight is 347 g/mol. The van der Waals surface area contributed by atoms with Crippen LogP contribution in [0.2, 0.25) is 0 Å². The van der Waals surface area contributed by atoms with Crippen molar-refractivity contribution in [2.24, 2.45) is 0 Å². The van der Waals surface area contributed by atoms with Gasteiger partial charge in [0.2, 0.25) is 11.8 Å². The molecule has 0 saturated carbocycles. The zero-order valence-electron chi connectivity index (χ0n) is 15.4. The van der Waals surface area contributed by atoms with Crippen LogP contribution in [0.5, 0.6) is 0 Å². The molecule has 136 valence electrons. The van der Waals surface area contributed by atoms with Crippen molar-refractivity contribution in [3.8, 4) is 0 Å². The predicted molar refractivity (Wildman–Crippen MR) is 90.1 cm³/mol. The van der Waals surface area contributed by atoms with E-state index in [9.17, 15) is 4.79 Å². The van der Waals surface area contributed by atoms with E-state index in [1.165, 1.54) is 0 Å². The summed E-state index contributed by atoms with van der Waals surface area (Å²) in [6.45, 7) is 6.80. The maximum Gasteiger partial charge on any atom is 0.233 e. The van der Waals surface area contributed by atoms with Crippen molar-refractivity contribution in [3.63, 3.8) is 0 Å². The molecule has 1 saturated heterocycles. The molecule has 3 heterocycles. The molecule has 1 aliphatic rings. The van der Waals surface area contributed by atoms with Crippen LogP contribution in [0.25, 0.3) is 0 Å². The van der Waals surface area contributed by atoms with E-state index in [-0.39, 0.29) is 17.9 Å². The smallest absolute Gasteiger partial charge is 0.233 e. The quantitative estimate of drug-likeness (QED) is 0.827. The van der Waals surface area contributed by atoms with Gasteiger partial charge in [-0.3, -0.25) is 4.79 Å². The highest BCUT2D eigenvalue weighted by Gasteiger charge is 2.37. The van der Waals surface area contributed by atoms with Gasteiger partial charge in [-0.2, -0.15) is 4.98 Å². The average Bonchev–Trinajstić information content (AvgIpc) is 3.14. The highest BCUT2D eigenvalue weighted by molar-refractivity contribution is 5.79. The molecular weight excluding hydrogens is 322 g/mol. The standard InChI is InChI=1S/C17H25N5O3/c1-10-13(11(2)24-19-10)8-16(23)22-7-6-15(21(4)5)14(9-22)17-18-12(3)20-25-17/h14-15H,6-9H2,1-5H3. The Morgan fingerprint density at radius 1 is 1.24 bits per heavy atom. The van der Waals surface area contributed by atoms with Crippen LogP contribution in [-0.2, 0) is 11.2 Å². The van der Waals surface area contributed by atoms with Crippen LogP contribution in [0, 0.1) is 20.8 Å². The van der Waals surface area contributed by atoms with Crippen molar-refractivity contribution in [2.45, 2.75) is 45.6 Å². The first-order chi connectivity index (χ1) is 11.9. The maximum atomic E-state index is 12.8. The van der Waals surface area contributed by atoms with E-state index in [1.807, 2.05) is 32.8 Å². The molecular formula is C17H25N5O3. The highest BCUT2D eigenvalue weighted by atomic mass is 16.5. The summed E-state index contributed by atoms with van der Waals surface area (Å²) in [4.78, 5) is 21.3. The van der Waals surface area contributed by atoms with Crippen LogP contribution in [0.15, 0.2) is 9.05 Å². The number of aromatic nitrogens is 3. The van der Waals surface area contributed by atoms with Crippen molar-refractivity contribution in [1.82, 2.24) is 25.1 Å². The number of carbonyl (C=O) groups excluding carboxylic acids is 1. The first-order valence-electron chi connectivity index (χ1n) is 8.53. The van der Waals surface area contributed by atoms with Gasteiger partial charge in [-0.05, 0) is 41.3 Å². The topological polar surface area (TPSA) is 88.5 Å². The second kappa shape index (κ2) is 6.95. The summed E-state index contributed by atoms with van der Waals surface area (Å²) in [6, 6.07) is 0.267. The minimum Gasteiger partial charge on any atom is -0.361 e. The van der Waals surface area contributed by atoms with Gasteiger partial charge in [0.15, 0.2) is 5.82 Å². The van der Waals surface area contributed by atoms with E-state index >= 15 is 0 Å². The number of likely N-dealkylation sites (tertiary alicyclic amines) is 1. The van der Waals surface area contributed by atoms with Gasteiger partial charge in [-0.1, -0.05) is 10.3 Å². The third kappa shape index (κ3) is 3.58. The molecule has 0 bridgehead atoms. The molecule has 0 aliphatic carbocycles. The zero-order valence-corrected chi connectivity index (χ0v) is 15.4. The lowest BCUT2D eigenvalue weighted by Crippen LogP contribution is -2.50. The number of amides is 1. The lowest BCUT2D eigenvalue weighted by molar-refractivity contribution is -0.132. The second-order valence-electron chi connectivity index (χ2n) is 6.93. The molecule has 3 rings (SSSR count). The maximum absolute atomic E-state index is 12.8. The van der Waals surface area contributed by atoms with Crippen LogP contribution < -0.4 is 0 Å². The molecule has 25 heavy (non-hydrogen) atoms. The molecule has 0 aromatic carbocycles. The fourth-order valence-corrected chi connectivity index (χ4v) is 3.51. The van der Waals surface area contributed by atoms with Gasteiger partial charge in [0.25, 0.3) is 0 Å². The molecule has 1 fully saturated rings. The van der Waals surface area contributed by atoms with Crippen LogP contribution in [-0.4, -0.2) is 64.2 Å². The van der Waals surface area contributed by atoms with E-state index in [0.29, 0.717) is 37.0 Å². The van der Waals surface area contributed by atoms with Gasteiger partial charge < -0.3 is 18.8 Å². The minimum absolute atomic E-state index is 0.0126. The molecule has 1 amide bonds. The monoisotopic (exact) mass is 347 g/mol. The first-order valence-corrected chi connectivity index (χ1v) is 8.53. The SMILES string of the molecule is Cc1noc(C2CN(C(=O)Cc3c(C)noc3C)CCC2N(C)C)n1. The molecule has 0 N–H and O–H groups in total. The van der Waals surface area contributed by atoms with Gasteiger partial charge in [0.05, 0.1) is 18.0 Å². The molecule has 2 aromatic rings. The summed E-state index contributed by atoms with van der Waals surface area (Å²) in [6.07, 6.45) is 1.18. The van der Waals surface area contributed by atoms with Crippen LogP contribution >= 0.6 is 0 Å².